The van der Waals surface area contributed by atoms with Gasteiger partial charge in [0.2, 0.25) is 0 Å². The molecule has 0 unspecified atom stereocenters. The molecule has 30 heavy (non-hydrogen) atoms. The van der Waals surface area contributed by atoms with E-state index in [1.54, 1.807) is 30.3 Å². The van der Waals surface area contributed by atoms with Crippen LogP contribution < -0.4 is 5.32 Å². The standard InChI is InChI=1S/C20H18N4O5S/c1-3-30(28,29)19-11-10-17(22-23-19)14-6-4-7-15(12-14)21-20(25)16-8-5-9-18(13(16)2)24(26)27/h4-12H,3H2,1-2H3,(H,21,25). The SMILES string of the molecule is CCS(=O)(=O)c1ccc(-c2cccc(NC(=O)c3cccc([N+](=O)[O-])c3C)c2)nn1. The number of hydrogen-bond acceptors (Lipinski definition) is 7. The van der Waals surface area contributed by atoms with Gasteiger partial charge >= 0.3 is 0 Å². The van der Waals surface area contributed by atoms with Gasteiger partial charge in [0.1, 0.15) is 0 Å². The number of anilines is 1. The van der Waals surface area contributed by atoms with E-state index < -0.39 is 20.7 Å². The summed E-state index contributed by atoms with van der Waals surface area (Å²) in [6.45, 7) is 3.05. The van der Waals surface area contributed by atoms with Gasteiger partial charge in [0.15, 0.2) is 14.9 Å². The van der Waals surface area contributed by atoms with Gasteiger partial charge in [-0.25, -0.2) is 8.42 Å². The molecule has 0 spiro atoms. The molecule has 0 aliphatic carbocycles. The van der Waals surface area contributed by atoms with Gasteiger partial charge < -0.3 is 5.32 Å². The van der Waals surface area contributed by atoms with E-state index in [-0.39, 0.29) is 27.6 Å². The predicted octanol–water partition coefficient (Wildman–Crippen LogP) is 3.41. The molecule has 1 aromatic heterocycles. The molecule has 0 fully saturated rings. The average molecular weight is 426 g/mol. The maximum absolute atomic E-state index is 12.6. The van der Waals surface area contributed by atoms with Crippen LogP contribution in [0.15, 0.2) is 59.6 Å². The lowest BCUT2D eigenvalue weighted by Crippen LogP contribution is -2.14. The lowest BCUT2D eigenvalue weighted by molar-refractivity contribution is -0.385. The van der Waals surface area contributed by atoms with Crippen LogP contribution in [0.4, 0.5) is 11.4 Å². The summed E-state index contributed by atoms with van der Waals surface area (Å²) < 4.78 is 23.7. The zero-order valence-corrected chi connectivity index (χ0v) is 17.0. The van der Waals surface area contributed by atoms with Crippen LogP contribution in [0.1, 0.15) is 22.8 Å². The minimum Gasteiger partial charge on any atom is -0.322 e. The van der Waals surface area contributed by atoms with Crippen molar-refractivity contribution in [2.75, 3.05) is 11.1 Å². The molecule has 0 saturated heterocycles. The Kier molecular flexibility index (Phi) is 5.88. The van der Waals surface area contributed by atoms with Crippen molar-refractivity contribution in [1.82, 2.24) is 10.2 Å². The number of carbonyl (C=O) groups excluding carboxylic acids is 1. The summed E-state index contributed by atoms with van der Waals surface area (Å²) in [7, 11) is -3.44. The second-order valence-corrected chi connectivity index (χ2v) is 8.63. The van der Waals surface area contributed by atoms with Gasteiger partial charge in [-0.1, -0.05) is 25.1 Å². The lowest BCUT2D eigenvalue weighted by atomic mass is 10.1. The Bertz CT molecular complexity index is 1220. The van der Waals surface area contributed by atoms with Crippen LogP contribution in [0, 0.1) is 17.0 Å². The lowest BCUT2D eigenvalue weighted by Gasteiger charge is -2.09. The fourth-order valence-electron chi connectivity index (χ4n) is 2.81. The topological polar surface area (TPSA) is 132 Å². The van der Waals surface area contributed by atoms with E-state index in [9.17, 15) is 23.3 Å². The van der Waals surface area contributed by atoms with Gasteiger partial charge in [0, 0.05) is 28.4 Å². The van der Waals surface area contributed by atoms with Crippen LogP contribution >= 0.6 is 0 Å². The van der Waals surface area contributed by atoms with Crippen molar-refractivity contribution in [3.8, 4) is 11.3 Å². The Morgan fingerprint density at radius 3 is 2.47 bits per heavy atom. The molecule has 2 aromatic carbocycles. The number of nitro groups is 1. The first kappa shape index (κ1) is 21.1. The van der Waals surface area contributed by atoms with Crippen LogP contribution in [0.5, 0.6) is 0 Å². The molecule has 0 atom stereocenters. The fourth-order valence-corrected chi connectivity index (χ4v) is 3.55. The molecule has 1 heterocycles. The minimum absolute atomic E-state index is 0.0698. The van der Waals surface area contributed by atoms with E-state index in [1.165, 1.54) is 38.1 Å². The highest BCUT2D eigenvalue weighted by Gasteiger charge is 2.18. The van der Waals surface area contributed by atoms with E-state index in [0.29, 0.717) is 16.9 Å². The van der Waals surface area contributed by atoms with Crippen molar-refractivity contribution in [2.45, 2.75) is 18.9 Å². The molecular formula is C20H18N4O5S. The summed E-state index contributed by atoms with van der Waals surface area (Å²) in [6.07, 6.45) is 0. The Balaban J connectivity index is 1.85. The van der Waals surface area contributed by atoms with Crippen molar-refractivity contribution < 1.29 is 18.1 Å². The van der Waals surface area contributed by atoms with Gasteiger partial charge in [0.05, 0.1) is 16.4 Å². The van der Waals surface area contributed by atoms with E-state index in [2.05, 4.69) is 15.5 Å². The van der Waals surface area contributed by atoms with Crippen LogP contribution in [0.3, 0.4) is 0 Å². The highest BCUT2D eigenvalue weighted by atomic mass is 32.2. The average Bonchev–Trinajstić information content (AvgIpc) is 2.74. The van der Waals surface area contributed by atoms with E-state index >= 15 is 0 Å². The smallest absolute Gasteiger partial charge is 0.273 e. The van der Waals surface area contributed by atoms with Gasteiger partial charge in [-0.2, -0.15) is 0 Å². The number of nitrogens with zero attached hydrogens (tertiary/aromatic N) is 3. The Labute approximate surface area is 172 Å². The minimum atomic E-state index is -3.44. The second-order valence-electron chi connectivity index (χ2n) is 6.40. The number of nitro benzene ring substituents is 1. The molecule has 154 valence electrons. The maximum atomic E-state index is 12.6. The van der Waals surface area contributed by atoms with Crippen molar-refractivity contribution in [1.29, 1.82) is 0 Å². The number of aromatic nitrogens is 2. The monoisotopic (exact) mass is 426 g/mol. The van der Waals surface area contributed by atoms with Crippen LogP contribution in [-0.4, -0.2) is 35.2 Å². The first-order valence-electron chi connectivity index (χ1n) is 8.95. The Hall–Kier alpha value is -3.66. The first-order chi connectivity index (χ1) is 14.2. The molecule has 3 aromatic rings. The van der Waals surface area contributed by atoms with Gasteiger partial charge in [-0.15, -0.1) is 10.2 Å². The van der Waals surface area contributed by atoms with Crippen LogP contribution in [0.2, 0.25) is 0 Å². The third-order valence-corrected chi connectivity index (χ3v) is 6.12. The molecule has 1 N–H and O–H groups in total. The summed E-state index contributed by atoms with van der Waals surface area (Å²) in [5.74, 6) is -0.552. The summed E-state index contributed by atoms with van der Waals surface area (Å²) in [4.78, 5) is 23.2. The highest BCUT2D eigenvalue weighted by molar-refractivity contribution is 7.91. The third kappa shape index (κ3) is 4.33. The van der Waals surface area contributed by atoms with E-state index in [1.807, 2.05) is 0 Å². The highest BCUT2D eigenvalue weighted by Crippen LogP contribution is 2.24. The predicted molar refractivity (Wildman–Crippen MR) is 111 cm³/mol. The molecule has 9 nitrogen and oxygen atoms in total. The molecule has 3 rings (SSSR count). The molecule has 10 heteroatoms. The summed E-state index contributed by atoms with van der Waals surface area (Å²) in [5, 5.41) is 21.5. The quantitative estimate of drug-likeness (QED) is 0.472. The zero-order valence-electron chi connectivity index (χ0n) is 16.2. The molecule has 0 radical (unpaired) electrons. The molecule has 0 aliphatic rings. The Morgan fingerprint density at radius 1 is 1.10 bits per heavy atom. The first-order valence-corrected chi connectivity index (χ1v) is 10.6. The summed E-state index contributed by atoms with van der Waals surface area (Å²) in [6, 6.07) is 14.0. The van der Waals surface area contributed by atoms with Crippen LogP contribution in [-0.2, 0) is 9.84 Å². The van der Waals surface area contributed by atoms with E-state index in [0.717, 1.165) is 0 Å². The molecule has 1 amide bonds. The number of rotatable bonds is 6. The maximum Gasteiger partial charge on any atom is 0.273 e. The summed E-state index contributed by atoms with van der Waals surface area (Å²) in [5.41, 5.74) is 1.85. The molecule has 0 saturated carbocycles. The third-order valence-electron chi connectivity index (χ3n) is 4.50. The largest absolute Gasteiger partial charge is 0.322 e. The van der Waals surface area contributed by atoms with E-state index in [4.69, 9.17) is 0 Å². The number of hydrogen-bond donors (Lipinski definition) is 1. The van der Waals surface area contributed by atoms with Crippen molar-refractivity contribution in [3.63, 3.8) is 0 Å². The van der Waals surface area contributed by atoms with Gasteiger partial charge in [-0.05, 0) is 37.3 Å². The second kappa shape index (κ2) is 8.37. The van der Waals surface area contributed by atoms with Gasteiger partial charge in [0.25, 0.3) is 11.6 Å². The fraction of sp³-hybridized carbons (Fsp3) is 0.150. The number of carbonyl (C=O) groups is 1. The molecule has 0 aliphatic heterocycles. The number of sulfone groups is 1. The number of amides is 1. The number of nitrogens with one attached hydrogen (secondary N) is 1. The zero-order chi connectivity index (χ0) is 21.9. The van der Waals surface area contributed by atoms with Crippen molar-refractivity contribution in [3.05, 3.63) is 75.8 Å². The molecule has 0 bridgehead atoms. The van der Waals surface area contributed by atoms with Crippen molar-refractivity contribution >= 4 is 27.1 Å². The van der Waals surface area contributed by atoms with Gasteiger partial charge in [-0.3, -0.25) is 14.9 Å². The van der Waals surface area contributed by atoms with Crippen LogP contribution in [0.25, 0.3) is 11.3 Å². The number of benzene rings is 2. The van der Waals surface area contributed by atoms with Crippen molar-refractivity contribution in [2.24, 2.45) is 0 Å². The molecular weight excluding hydrogens is 408 g/mol. The summed E-state index contributed by atoms with van der Waals surface area (Å²) >= 11 is 0. The normalized spacial score (nSPS) is 11.1. The Morgan fingerprint density at radius 2 is 1.83 bits per heavy atom.